The van der Waals surface area contributed by atoms with Gasteiger partial charge in [-0.15, -0.1) is 0 Å². The van der Waals surface area contributed by atoms with Gasteiger partial charge in [-0.05, 0) is 71.6 Å². The summed E-state index contributed by atoms with van der Waals surface area (Å²) in [5.41, 5.74) is 8.68. The number of nitrogens with zero attached hydrogens (tertiary/aromatic N) is 2. The fraction of sp³-hybridized carbons (Fsp3) is 0.583. The van der Waals surface area contributed by atoms with Gasteiger partial charge in [0.05, 0.1) is 11.4 Å². The van der Waals surface area contributed by atoms with Crippen LogP contribution in [0.1, 0.15) is 74.9 Å². The molecule has 0 aliphatic heterocycles. The Morgan fingerprint density at radius 3 is 1.50 bits per heavy atom. The molecule has 4 atom stereocenters. The number of hydrogen-bond donors (Lipinski definition) is 0. The molecule has 2 aromatic rings. The fourth-order valence-electron chi connectivity index (χ4n) is 6.43. The maximum absolute atomic E-state index is 5.16. The van der Waals surface area contributed by atoms with Crippen molar-refractivity contribution in [2.45, 2.75) is 65.2 Å². The lowest BCUT2D eigenvalue weighted by Gasteiger charge is -2.56. The highest BCUT2D eigenvalue weighted by molar-refractivity contribution is 5.58. The van der Waals surface area contributed by atoms with Crippen LogP contribution in [0.15, 0.2) is 24.3 Å². The fourth-order valence-corrected chi connectivity index (χ4v) is 6.43. The summed E-state index contributed by atoms with van der Waals surface area (Å²) in [6, 6.07) is 9.08. The van der Waals surface area contributed by atoms with Crippen molar-refractivity contribution < 1.29 is 0 Å². The van der Waals surface area contributed by atoms with Gasteiger partial charge in [-0.3, -0.25) is 9.97 Å². The first-order chi connectivity index (χ1) is 12.4. The third-order valence-electron chi connectivity index (χ3n) is 8.82. The minimum atomic E-state index is 0.423. The predicted molar refractivity (Wildman–Crippen MR) is 104 cm³/mol. The Hall–Kier alpha value is -1.70. The van der Waals surface area contributed by atoms with E-state index in [1.807, 2.05) is 0 Å². The van der Waals surface area contributed by atoms with Gasteiger partial charge in [0.1, 0.15) is 0 Å². The van der Waals surface area contributed by atoms with Gasteiger partial charge in [0.2, 0.25) is 0 Å². The average molecular weight is 345 g/mol. The van der Waals surface area contributed by atoms with Gasteiger partial charge < -0.3 is 0 Å². The Balaban J connectivity index is 1.42. The van der Waals surface area contributed by atoms with Crippen LogP contribution in [0.5, 0.6) is 0 Å². The largest absolute Gasteiger partial charge is 0.251 e. The smallest absolute Gasteiger partial charge is 0.0889 e. The molecule has 0 saturated heterocycles. The van der Waals surface area contributed by atoms with E-state index in [9.17, 15) is 0 Å². The molecular weight excluding hydrogens is 316 g/mol. The van der Waals surface area contributed by atoms with Crippen molar-refractivity contribution in [1.82, 2.24) is 9.97 Å². The van der Waals surface area contributed by atoms with E-state index in [1.165, 1.54) is 48.2 Å². The van der Waals surface area contributed by atoms with Crippen molar-refractivity contribution in [3.05, 3.63) is 46.8 Å². The third kappa shape index (κ3) is 1.74. The minimum absolute atomic E-state index is 0.423. The quantitative estimate of drug-likeness (QED) is 0.681. The second-order valence-electron chi connectivity index (χ2n) is 10.5. The standard InChI is InChI=1S/C24H28N2/c1-23(2)15-9-13-5-7-19(25-21(13)17(23)11-15)20-8-6-14-10-16-12-18(22(14)26-20)24(16,3)4/h5-8,15-18H,9-12H2,1-4H3/t15-,16-,17-,18-/m1/s1. The molecular formula is C24H28N2. The summed E-state index contributed by atoms with van der Waals surface area (Å²) in [7, 11) is 0. The number of aromatic nitrogens is 2. The molecule has 134 valence electrons. The average Bonchev–Trinajstić information content (AvgIpc) is 2.65. The molecule has 8 rings (SSSR count). The summed E-state index contributed by atoms with van der Waals surface area (Å²) in [5.74, 6) is 2.98. The van der Waals surface area contributed by atoms with Gasteiger partial charge >= 0.3 is 0 Å². The second kappa shape index (κ2) is 4.58. The first kappa shape index (κ1) is 15.4. The van der Waals surface area contributed by atoms with Crippen molar-refractivity contribution in [3.63, 3.8) is 0 Å². The van der Waals surface area contributed by atoms with Crippen LogP contribution >= 0.6 is 0 Å². The number of hydrogen-bond acceptors (Lipinski definition) is 2. The Kier molecular flexibility index (Phi) is 2.71. The molecule has 0 unspecified atom stereocenters. The van der Waals surface area contributed by atoms with E-state index in [1.54, 1.807) is 0 Å². The highest BCUT2D eigenvalue weighted by Gasteiger charge is 2.54. The van der Waals surface area contributed by atoms with Crippen LogP contribution in [0.4, 0.5) is 0 Å². The topological polar surface area (TPSA) is 25.8 Å². The zero-order valence-electron chi connectivity index (χ0n) is 16.3. The molecule has 2 heteroatoms. The molecule has 0 radical (unpaired) electrons. The van der Waals surface area contributed by atoms with E-state index in [0.717, 1.165) is 23.2 Å². The van der Waals surface area contributed by atoms with Crippen LogP contribution in [0.2, 0.25) is 0 Å². The van der Waals surface area contributed by atoms with Crippen LogP contribution in [-0.2, 0) is 12.8 Å². The molecule has 4 bridgehead atoms. The van der Waals surface area contributed by atoms with Crippen molar-refractivity contribution in [3.8, 4) is 11.4 Å². The van der Waals surface area contributed by atoms with Crippen molar-refractivity contribution in [2.75, 3.05) is 0 Å². The maximum Gasteiger partial charge on any atom is 0.0889 e. The van der Waals surface area contributed by atoms with Gasteiger partial charge in [0.15, 0.2) is 0 Å². The molecule has 0 N–H and O–H groups in total. The van der Waals surface area contributed by atoms with Crippen LogP contribution in [0.25, 0.3) is 11.4 Å². The molecule has 2 nitrogen and oxygen atoms in total. The summed E-state index contributed by atoms with van der Waals surface area (Å²) >= 11 is 0. The zero-order chi connectivity index (χ0) is 17.8. The summed E-state index contributed by atoms with van der Waals surface area (Å²) in [4.78, 5) is 10.3. The predicted octanol–water partition coefficient (Wildman–Crippen LogP) is 5.52. The Morgan fingerprint density at radius 1 is 0.692 bits per heavy atom. The van der Waals surface area contributed by atoms with Crippen molar-refractivity contribution in [1.29, 1.82) is 0 Å². The van der Waals surface area contributed by atoms with Gasteiger partial charge in [-0.25, -0.2) is 0 Å². The first-order valence-electron chi connectivity index (χ1n) is 10.4. The van der Waals surface area contributed by atoms with E-state index in [2.05, 4.69) is 52.0 Å². The third-order valence-corrected chi connectivity index (χ3v) is 8.82. The normalized spacial score (nSPS) is 34.2. The maximum atomic E-state index is 5.16. The Bertz CT molecular complexity index is 862. The van der Waals surface area contributed by atoms with E-state index in [-0.39, 0.29) is 0 Å². The molecule has 0 spiro atoms. The molecule has 0 aromatic carbocycles. The monoisotopic (exact) mass is 344 g/mol. The van der Waals surface area contributed by atoms with Crippen LogP contribution in [-0.4, -0.2) is 9.97 Å². The molecule has 2 heterocycles. The van der Waals surface area contributed by atoms with Crippen LogP contribution in [0.3, 0.4) is 0 Å². The summed E-state index contributed by atoms with van der Waals surface area (Å²) < 4.78 is 0. The van der Waals surface area contributed by atoms with Crippen molar-refractivity contribution in [2.24, 2.45) is 22.7 Å². The lowest BCUT2D eigenvalue weighted by molar-refractivity contribution is 0.0153. The van der Waals surface area contributed by atoms with Crippen molar-refractivity contribution >= 4 is 0 Å². The lowest BCUT2D eigenvalue weighted by Crippen LogP contribution is -2.48. The highest BCUT2D eigenvalue weighted by Crippen LogP contribution is 2.62. The number of pyridine rings is 2. The van der Waals surface area contributed by atoms with Gasteiger partial charge in [0, 0.05) is 23.2 Å². The molecule has 2 fully saturated rings. The molecule has 2 saturated carbocycles. The lowest BCUT2D eigenvalue weighted by atomic mass is 9.48. The molecule has 2 aromatic heterocycles. The van der Waals surface area contributed by atoms with Crippen LogP contribution in [0, 0.1) is 22.7 Å². The summed E-state index contributed by atoms with van der Waals surface area (Å²) in [6.07, 6.45) is 5.07. The Labute approximate surface area is 156 Å². The molecule has 0 amide bonds. The number of rotatable bonds is 1. The molecule has 6 aliphatic carbocycles. The van der Waals surface area contributed by atoms with Gasteiger partial charge in [-0.1, -0.05) is 39.8 Å². The SMILES string of the molecule is CC1(C)[C@@H]2Cc3ccc(-c4ccc5c(n4)[C@H]4C[C@@H](C5)C4(C)C)nc3[C@H]1C2. The van der Waals surface area contributed by atoms with Crippen LogP contribution < -0.4 is 0 Å². The van der Waals surface area contributed by atoms with E-state index >= 15 is 0 Å². The summed E-state index contributed by atoms with van der Waals surface area (Å²) in [5, 5.41) is 0. The van der Waals surface area contributed by atoms with E-state index < -0.39 is 0 Å². The zero-order valence-corrected chi connectivity index (χ0v) is 16.3. The van der Waals surface area contributed by atoms with E-state index in [4.69, 9.17) is 9.97 Å². The molecule has 26 heavy (non-hydrogen) atoms. The van der Waals surface area contributed by atoms with Gasteiger partial charge in [0.25, 0.3) is 0 Å². The van der Waals surface area contributed by atoms with E-state index in [0.29, 0.717) is 22.7 Å². The van der Waals surface area contributed by atoms with Gasteiger partial charge in [-0.2, -0.15) is 0 Å². The summed E-state index contributed by atoms with van der Waals surface area (Å²) in [6.45, 7) is 9.70. The first-order valence-corrected chi connectivity index (χ1v) is 10.4. The minimum Gasteiger partial charge on any atom is -0.251 e. The molecule has 6 aliphatic rings. The second-order valence-corrected chi connectivity index (χ2v) is 10.5. The Morgan fingerprint density at radius 2 is 1.12 bits per heavy atom. The highest BCUT2D eigenvalue weighted by atomic mass is 14.8.